The number of fused-ring (bicyclic) bond motifs is 1. The molecule has 24 heavy (non-hydrogen) atoms. The maximum atomic E-state index is 12.7. The van der Waals surface area contributed by atoms with Gasteiger partial charge in [0.15, 0.2) is 0 Å². The summed E-state index contributed by atoms with van der Waals surface area (Å²) in [6.07, 6.45) is 7.99. The molecule has 1 atom stereocenters. The molecule has 2 fully saturated rings. The van der Waals surface area contributed by atoms with Crippen molar-refractivity contribution in [1.82, 2.24) is 15.1 Å². The van der Waals surface area contributed by atoms with Gasteiger partial charge in [0.25, 0.3) is 5.91 Å². The van der Waals surface area contributed by atoms with E-state index in [-0.39, 0.29) is 17.6 Å². The molecule has 0 bridgehead atoms. The number of aromatic nitrogens is 2. The Balaban J connectivity index is 1.47. The first-order chi connectivity index (χ1) is 11.6. The van der Waals surface area contributed by atoms with E-state index in [4.69, 9.17) is 4.74 Å². The number of carbonyl (C=O) groups is 1. The molecule has 2 aromatic heterocycles. The zero-order valence-corrected chi connectivity index (χ0v) is 15.2. The second-order valence-electron chi connectivity index (χ2n) is 7.29. The van der Waals surface area contributed by atoms with E-state index in [1.54, 1.807) is 0 Å². The summed E-state index contributed by atoms with van der Waals surface area (Å²) in [6, 6.07) is 2.21. The van der Waals surface area contributed by atoms with E-state index in [9.17, 15) is 4.79 Å². The Morgan fingerprint density at radius 3 is 2.96 bits per heavy atom. The van der Waals surface area contributed by atoms with Gasteiger partial charge in [-0.15, -0.1) is 11.3 Å². The van der Waals surface area contributed by atoms with Crippen LogP contribution in [-0.4, -0.2) is 33.9 Å². The molecule has 5 nitrogen and oxygen atoms in total. The van der Waals surface area contributed by atoms with Crippen LogP contribution in [0.5, 0.6) is 0 Å². The minimum atomic E-state index is 0.0229. The number of rotatable bonds is 2. The van der Waals surface area contributed by atoms with E-state index >= 15 is 0 Å². The third-order valence-corrected chi connectivity index (χ3v) is 6.71. The number of thiophene rings is 1. The first-order valence-corrected chi connectivity index (χ1v) is 9.76. The smallest absolute Gasteiger partial charge is 0.261 e. The number of hydrogen-bond donors (Lipinski definition) is 1. The third-order valence-electron chi connectivity index (χ3n) is 5.51. The molecule has 3 heterocycles. The quantitative estimate of drug-likeness (QED) is 0.904. The van der Waals surface area contributed by atoms with Crippen LogP contribution in [0, 0.1) is 6.92 Å². The Labute approximate surface area is 146 Å². The van der Waals surface area contributed by atoms with Gasteiger partial charge in [-0.3, -0.25) is 9.48 Å². The lowest BCUT2D eigenvalue weighted by Gasteiger charge is -2.43. The molecule has 130 valence electrons. The molecule has 1 saturated heterocycles. The zero-order valence-electron chi connectivity index (χ0n) is 14.4. The van der Waals surface area contributed by atoms with Gasteiger partial charge in [-0.05, 0) is 38.7 Å². The van der Waals surface area contributed by atoms with Crippen molar-refractivity contribution in [1.29, 1.82) is 0 Å². The van der Waals surface area contributed by atoms with E-state index in [1.165, 1.54) is 30.6 Å². The second kappa shape index (κ2) is 6.15. The fourth-order valence-electron chi connectivity index (χ4n) is 4.27. The molecule has 1 spiro atoms. The van der Waals surface area contributed by atoms with Crippen LogP contribution in [0.1, 0.15) is 60.3 Å². The first kappa shape index (κ1) is 16.1. The van der Waals surface area contributed by atoms with Gasteiger partial charge in [-0.2, -0.15) is 5.10 Å². The molecule has 2 aromatic rings. The van der Waals surface area contributed by atoms with Crippen molar-refractivity contribution in [2.24, 2.45) is 7.05 Å². The van der Waals surface area contributed by atoms with Gasteiger partial charge in [0.1, 0.15) is 4.83 Å². The lowest BCUT2D eigenvalue weighted by atomic mass is 9.78. The Morgan fingerprint density at radius 2 is 2.21 bits per heavy atom. The highest BCUT2D eigenvalue weighted by Crippen LogP contribution is 2.38. The van der Waals surface area contributed by atoms with Crippen LogP contribution < -0.4 is 5.32 Å². The summed E-state index contributed by atoms with van der Waals surface area (Å²) < 4.78 is 7.99. The number of ether oxygens (including phenoxy) is 1. The highest BCUT2D eigenvalue weighted by atomic mass is 32.1. The van der Waals surface area contributed by atoms with E-state index in [2.05, 4.69) is 10.4 Å². The summed E-state index contributed by atoms with van der Waals surface area (Å²) in [5, 5.41) is 8.75. The molecule has 2 aliphatic rings. The largest absolute Gasteiger partial charge is 0.375 e. The van der Waals surface area contributed by atoms with E-state index in [0.29, 0.717) is 0 Å². The Morgan fingerprint density at radius 1 is 1.42 bits per heavy atom. The molecule has 4 rings (SSSR count). The van der Waals surface area contributed by atoms with Crippen molar-refractivity contribution < 1.29 is 9.53 Å². The van der Waals surface area contributed by atoms with Crippen LogP contribution in [0.25, 0.3) is 10.2 Å². The molecular formula is C18H25N3O2S. The molecule has 0 radical (unpaired) electrons. The van der Waals surface area contributed by atoms with Gasteiger partial charge >= 0.3 is 0 Å². The molecule has 6 heteroatoms. The average Bonchev–Trinajstić information content (AvgIpc) is 3.10. The molecule has 1 aliphatic carbocycles. The summed E-state index contributed by atoms with van der Waals surface area (Å²) in [5.74, 6) is 0.0495. The van der Waals surface area contributed by atoms with Crippen molar-refractivity contribution in [3.05, 3.63) is 16.6 Å². The van der Waals surface area contributed by atoms with E-state index < -0.39 is 0 Å². The Kier molecular flexibility index (Phi) is 4.12. The van der Waals surface area contributed by atoms with Gasteiger partial charge in [0.05, 0.1) is 16.2 Å². The fraction of sp³-hybridized carbons (Fsp3) is 0.667. The van der Waals surface area contributed by atoms with Crippen molar-refractivity contribution >= 4 is 27.5 Å². The molecule has 1 saturated carbocycles. The van der Waals surface area contributed by atoms with Crippen molar-refractivity contribution in [2.45, 2.75) is 63.5 Å². The topological polar surface area (TPSA) is 56.2 Å². The van der Waals surface area contributed by atoms with Crippen LogP contribution in [0.2, 0.25) is 0 Å². The molecular weight excluding hydrogens is 322 g/mol. The van der Waals surface area contributed by atoms with Gasteiger partial charge in [0, 0.05) is 25.1 Å². The van der Waals surface area contributed by atoms with Crippen molar-refractivity contribution in [3.8, 4) is 0 Å². The van der Waals surface area contributed by atoms with Crippen LogP contribution in [0.4, 0.5) is 0 Å². The van der Waals surface area contributed by atoms with E-state index in [0.717, 1.165) is 53.1 Å². The van der Waals surface area contributed by atoms with Crippen molar-refractivity contribution in [3.63, 3.8) is 0 Å². The van der Waals surface area contributed by atoms with Crippen LogP contribution in [-0.2, 0) is 11.8 Å². The lowest BCUT2D eigenvalue weighted by molar-refractivity contribution is -0.107. The first-order valence-electron chi connectivity index (χ1n) is 8.94. The van der Waals surface area contributed by atoms with Crippen LogP contribution in [0.3, 0.4) is 0 Å². The standard InChI is InChI=1S/C18H25N3O2S/c1-12-14-10-15(24-17(14)21(2)20-12)16(22)19-13-6-9-23-18(11-13)7-4-3-5-8-18/h10,13H,3-9,11H2,1-2H3,(H,19,22). The summed E-state index contributed by atoms with van der Waals surface area (Å²) in [7, 11) is 1.93. The number of nitrogens with zero attached hydrogens (tertiary/aromatic N) is 2. The number of carbonyl (C=O) groups excluding carboxylic acids is 1. The summed E-state index contributed by atoms with van der Waals surface area (Å²) in [5.41, 5.74) is 1.00. The Bertz CT molecular complexity index is 718. The summed E-state index contributed by atoms with van der Waals surface area (Å²) in [4.78, 5) is 14.5. The van der Waals surface area contributed by atoms with Gasteiger partial charge in [0.2, 0.25) is 0 Å². The average molecular weight is 347 g/mol. The number of amides is 1. The summed E-state index contributed by atoms with van der Waals surface area (Å²) in [6.45, 7) is 2.75. The molecule has 1 N–H and O–H groups in total. The number of aryl methyl sites for hydroxylation is 2. The highest BCUT2D eigenvalue weighted by Gasteiger charge is 2.39. The number of nitrogens with one attached hydrogen (secondary N) is 1. The molecule has 0 aromatic carbocycles. The van der Waals surface area contributed by atoms with Gasteiger partial charge in [-0.25, -0.2) is 0 Å². The second-order valence-corrected chi connectivity index (χ2v) is 8.32. The third kappa shape index (κ3) is 2.86. The highest BCUT2D eigenvalue weighted by molar-refractivity contribution is 7.20. The minimum Gasteiger partial charge on any atom is -0.375 e. The zero-order chi connectivity index (χ0) is 16.7. The van der Waals surface area contributed by atoms with Crippen LogP contribution in [0.15, 0.2) is 6.07 Å². The monoisotopic (exact) mass is 347 g/mol. The Hall–Kier alpha value is -1.40. The predicted molar refractivity (Wildman–Crippen MR) is 95.6 cm³/mol. The molecule has 1 unspecified atom stereocenters. The molecule has 1 aliphatic heterocycles. The van der Waals surface area contributed by atoms with E-state index in [1.807, 2.05) is 24.7 Å². The summed E-state index contributed by atoms with van der Waals surface area (Å²) >= 11 is 1.53. The van der Waals surface area contributed by atoms with Gasteiger partial charge in [-0.1, -0.05) is 19.3 Å². The number of hydrogen-bond acceptors (Lipinski definition) is 4. The van der Waals surface area contributed by atoms with Crippen molar-refractivity contribution in [2.75, 3.05) is 6.61 Å². The SMILES string of the molecule is Cc1nn(C)c2sc(C(=O)NC3CCOC4(CCCCC4)C3)cc12. The van der Waals surface area contributed by atoms with Gasteiger partial charge < -0.3 is 10.1 Å². The maximum Gasteiger partial charge on any atom is 0.261 e. The maximum absolute atomic E-state index is 12.7. The normalized spacial score (nSPS) is 23.7. The minimum absolute atomic E-state index is 0.0229. The fourth-order valence-corrected chi connectivity index (χ4v) is 5.30. The lowest BCUT2D eigenvalue weighted by Crippen LogP contribution is -2.49. The molecule has 1 amide bonds. The van der Waals surface area contributed by atoms with Crippen LogP contribution >= 0.6 is 11.3 Å². The predicted octanol–water partition coefficient (Wildman–Crippen LogP) is 3.55.